The summed E-state index contributed by atoms with van der Waals surface area (Å²) in [6.07, 6.45) is 5.87. The zero-order valence-electron chi connectivity index (χ0n) is 10.7. The molecule has 0 fully saturated rings. The van der Waals surface area contributed by atoms with E-state index in [1.807, 2.05) is 44.2 Å². The van der Waals surface area contributed by atoms with Crippen LogP contribution < -0.4 is 11.1 Å². The van der Waals surface area contributed by atoms with E-state index in [0.29, 0.717) is 6.42 Å². The molecule has 1 aromatic rings. The zero-order valence-corrected chi connectivity index (χ0v) is 10.7. The van der Waals surface area contributed by atoms with Crippen LogP contribution in [0.1, 0.15) is 31.9 Å². The molecule has 0 aliphatic heterocycles. The molecule has 0 saturated carbocycles. The smallest absolute Gasteiger partial charge is 0.141 e. The molecule has 0 aromatic heterocycles. The fourth-order valence-corrected chi connectivity index (χ4v) is 1.66. The van der Waals surface area contributed by atoms with E-state index in [1.54, 1.807) is 0 Å². The first-order valence-electron chi connectivity index (χ1n) is 5.75. The summed E-state index contributed by atoms with van der Waals surface area (Å²) in [4.78, 5) is 0. The van der Waals surface area contributed by atoms with Crippen molar-refractivity contribution in [1.82, 2.24) is 5.32 Å². The third-order valence-electron chi connectivity index (χ3n) is 2.64. The average molecular weight is 245 g/mol. The van der Waals surface area contributed by atoms with Crippen LogP contribution in [0, 0.1) is 12.3 Å². The molecular weight excluding hydrogens is 226 g/mol. The zero-order chi connectivity index (χ0) is 13.6. The minimum absolute atomic E-state index is 0.0897. The number of hydrogen-bond acceptors (Lipinski definition) is 3. The molecule has 0 aliphatic rings. The minimum atomic E-state index is -0.462. The average Bonchev–Trinajstić information content (AvgIpc) is 2.38. The van der Waals surface area contributed by atoms with E-state index in [4.69, 9.17) is 17.4 Å². The summed E-state index contributed by atoms with van der Waals surface area (Å²) in [6, 6.07) is 9.70. The van der Waals surface area contributed by atoms with Crippen LogP contribution in [0.3, 0.4) is 0 Å². The van der Waals surface area contributed by atoms with E-state index in [9.17, 15) is 0 Å². The third kappa shape index (κ3) is 4.11. The second kappa shape index (κ2) is 6.08. The molecule has 0 amide bonds. The van der Waals surface area contributed by atoms with E-state index in [-0.39, 0.29) is 11.9 Å². The van der Waals surface area contributed by atoms with Crippen molar-refractivity contribution in [3.63, 3.8) is 0 Å². The van der Waals surface area contributed by atoms with Crippen LogP contribution in [0.15, 0.2) is 35.5 Å². The molecule has 1 atom stereocenters. The number of nitrogens with zero attached hydrogens (tertiary/aromatic N) is 1. The maximum atomic E-state index is 8.68. The van der Waals surface area contributed by atoms with Crippen LogP contribution in [0.5, 0.6) is 0 Å². The first-order valence-corrected chi connectivity index (χ1v) is 5.75. The molecule has 4 nitrogen and oxygen atoms in total. The molecule has 0 spiro atoms. The lowest BCUT2D eigenvalue weighted by molar-refractivity contribution is 0.314. The van der Waals surface area contributed by atoms with Gasteiger partial charge in [-0.2, -0.15) is 0 Å². The Labute approximate surface area is 108 Å². The first kappa shape index (κ1) is 14.1. The van der Waals surface area contributed by atoms with Gasteiger partial charge in [-0.3, -0.25) is 5.32 Å². The van der Waals surface area contributed by atoms with E-state index in [1.165, 1.54) is 0 Å². The number of hydrogen-bond donors (Lipinski definition) is 3. The molecule has 96 valence electrons. The lowest BCUT2D eigenvalue weighted by Gasteiger charge is -2.27. The fourth-order valence-electron chi connectivity index (χ4n) is 1.66. The molecule has 0 bridgehead atoms. The maximum absolute atomic E-state index is 8.68. The number of oxime groups is 1. The highest BCUT2D eigenvalue weighted by Gasteiger charge is 2.21. The highest BCUT2D eigenvalue weighted by Crippen LogP contribution is 2.19. The van der Waals surface area contributed by atoms with Gasteiger partial charge in [0.2, 0.25) is 0 Å². The van der Waals surface area contributed by atoms with Gasteiger partial charge in [0.15, 0.2) is 0 Å². The Balaban J connectivity index is 2.93. The van der Waals surface area contributed by atoms with Gasteiger partial charge in [-0.15, -0.1) is 6.42 Å². The van der Waals surface area contributed by atoms with Crippen molar-refractivity contribution in [3.05, 3.63) is 35.9 Å². The van der Waals surface area contributed by atoms with Crippen molar-refractivity contribution in [1.29, 1.82) is 0 Å². The Morgan fingerprint density at radius 1 is 1.50 bits per heavy atom. The number of nitrogens with one attached hydrogen (secondary N) is 1. The van der Waals surface area contributed by atoms with Gasteiger partial charge in [-0.1, -0.05) is 41.4 Å². The normalized spacial score (nSPS) is 13.9. The van der Waals surface area contributed by atoms with Gasteiger partial charge in [0.25, 0.3) is 0 Å². The predicted octanol–water partition coefficient (Wildman–Crippen LogP) is 1.87. The second-order valence-corrected chi connectivity index (χ2v) is 4.67. The molecule has 1 unspecified atom stereocenters. The van der Waals surface area contributed by atoms with Crippen molar-refractivity contribution in [2.24, 2.45) is 10.9 Å². The predicted molar refractivity (Wildman–Crippen MR) is 73.3 cm³/mol. The van der Waals surface area contributed by atoms with Crippen molar-refractivity contribution >= 4 is 5.84 Å². The van der Waals surface area contributed by atoms with E-state index in [2.05, 4.69) is 16.4 Å². The standard InChI is InChI=1S/C14H19N3O/c1-4-14(2,3)16-12(10-13(15)17-18)11-8-6-5-7-9-11/h1,5-9,12,16,18H,10H2,2-3H3,(H2,15,17). The molecule has 0 radical (unpaired) electrons. The number of nitrogens with two attached hydrogens (primary N) is 1. The molecule has 0 aliphatic carbocycles. The van der Waals surface area contributed by atoms with Gasteiger partial charge in [0, 0.05) is 12.5 Å². The molecule has 18 heavy (non-hydrogen) atoms. The lowest BCUT2D eigenvalue weighted by Crippen LogP contribution is -2.41. The lowest BCUT2D eigenvalue weighted by atomic mass is 9.98. The van der Waals surface area contributed by atoms with Gasteiger partial charge in [-0.25, -0.2) is 0 Å². The number of rotatable bonds is 5. The van der Waals surface area contributed by atoms with Gasteiger partial charge >= 0.3 is 0 Å². The molecular formula is C14H19N3O. The monoisotopic (exact) mass is 245 g/mol. The van der Waals surface area contributed by atoms with E-state index < -0.39 is 5.54 Å². The summed E-state index contributed by atoms with van der Waals surface area (Å²) < 4.78 is 0. The number of terminal acetylenes is 1. The minimum Gasteiger partial charge on any atom is -0.409 e. The fraction of sp³-hybridized carbons (Fsp3) is 0.357. The van der Waals surface area contributed by atoms with Crippen molar-refractivity contribution in [3.8, 4) is 12.3 Å². The van der Waals surface area contributed by atoms with Crippen LogP contribution >= 0.6 is 0 Å². The van der Waals surface area contributed by atoms with E-state index >= 15 is 0 Å². The van der Waals surface area contributed by atoms with Gasteiger partial charge in [0.05, 0.1) is 5.54 Å². The summed E-state index contributed by atoms with van der Waals surface area (Å²) in [6.45, 7) is 3.82. The molecule has 4 N–H and O–H groups in total. The van der Waals surface area contributed by atoms with Crippen LogP contribution in [-0.4, -0.2) is 16.6 Å². The Kier molecular flexibility index (Phi) is 4.75. The van der Waals surface area contributed by atoms with Crippen LogP contribution in [0.4, 0.5) is 0 Å². The maximum Gasteiger partial charge on any atom is 0.141 e. The third-order valence-corrected chi connectivity index (χ3v) is 2.64. The Bertz CT molecular complexity index is 446. The quantitative estimate of drug-likeness (QED) is 0.244. The molecule has 0 saturated heterocycles. The second-order valence-electron chi connectivity index (χ2n) is 4.67. The Morgan fingerprint density at radius 3 is 2.61 bits per heavy atom. The summed E-state index contributed by atoms with van der Waals surface area (Å²) in [5.74, 6) is 2.85. The van der Waals surface area contributed by atoms with Crippen LogP contribution in [0.2, 0.25) is 0 Å². The number of benzene rings is 1. The van der Waals surface area contributed by atoms with Gasteiger partial charge < -0.3 is 10.9 Å². The number of amidine groups is 1. The molecule has 0 heterocycles. The SMILES string of the molecule is C#CC(C)(C)NC(CC(N)=NO)c1ccccc1. The van der Waals surface area contributed by atoms with Gasteiger partial charge in [0.1, 0.15) is 5.84 Å². The van der Waals surface area contributed by atoms with Crippen molar-refractivity contribution in [2.75, 3.05) is 0 Å². The highest BCUT2D eigenvalue weighted by molar-refractivity contribution is 5.80. The molecule has 1 aromatic carbocycles. The Morgan fingerprint density at radius 2 is 2.11 bits per heavy atom. The topological polar surface area (TPSA) is 70.6 Å². The molecule has 1 rings (SSSR count). The van der Waals surface area contributed by atoms with Crippen molar-refractivity contribution < 1.29 is 5.21 Å². The summed E-state index contributed by atoms with van der Waals surface area (Å²) in [5, 5.41) is 15.0. The highest BCUT2D eigenvalue weighted by atomic mass is 16.4. The van der Waals surface area contributed by atoms with E-state index in [0.717, 1.165) is 5.56 Å². The summed E-state index contributed by atoms with van der Waals surface area (Å²) in [5.41, 5.74) is 6.17. The van der Waals surface area contributed by atoms with Crippen LogP contribution in [0.25, 0.3) is 0 Å². The Hall–Kier alpha value is -1.99. The molecule has 4 heteroatoms. The van der Waals surface area contributed by atoms with Gasteiger partial charge in [-0.05, 0) is 19.4 Å². The van der Waals surface area contributed by atoms with Crippen molar-refractivity contribution in [2.45, 2.75) is 31.8 Å². The summed E-state index contributed by atoms with van der Waals surface area (Å²) >= 11 is 0. The van der Waals surface area contributed by atoms with Crippen LogP contribution in [-0.2, 0) is 0 Å². The largest absolute Gasteiger partial charge is 0.409 e. The first-order chi connectivity index (χ1) is 8.48. The summed E-state index contributed by atoms with van der Waals surface area (Å²) in [7, 11) is 0.